The molecule has 2 N–H and O–H groups in total. The van der Waals surface area contributed by atoms with Gasteiger partial charge < -0.3 is 15.4 Å². The summed E-state index contributed by atoms with van der Waals surface area (Å²) in [4.78, 5) is 3.95. The molecule has 1 aromatic carbocycles. The molecule has 0 aliphatic heterocycles. The highest BCUT2D eigenvalue weighted by Crippen LogP contribution is 2.20. The molecule has 130 valence electrons. The van der Waals surface area contributed by atoms with Crippen molar-refractivity contribution < 1.29 is 22.3 Å². The van der Waals surface area contributed by atoms with Crippen LogP contribution in [0.4, 0.5) is 17.6 Å². The van der Waals surface area contributed by atoms with E-state index in [9.17, 15) is 17.6 Å². The van der Waals surface area contributed by atoms with Gasteiger partial charge in [0.1, 0.15) is 0 Å². The maximum atomic E-state index is 13.6. The third-order valence-electron chi connectivity index (χ3n) is 3.18. The summed E-state index contributed by atoms with van der Waals surface area (Å²) in [6.07, 6.45) is 0. The molecule has 8 heteroatoms. The Labute approximate surface area is 132 Å². The molecular weight excluding hydrogens is 314 g/mol. The van der Waals surface area contributed by atoms with Gasteiger partial charge in [-0.15, -0.1) is 0 Å². The summed E-state index contributed by atoms with van der Waals surface area (Å²) in [5.41, 5.74) is -1.25. The first kappa shape index (κ1) is 19.2. The summed E-state index contributed by atoms with van der Waals surface area (Å²) < 4.78 is 58.8. The minimum atomic E-state index is -1.45. The molecule has 0 saturated carbocycles. The van der Waals surface area contributed by atoms with Crippen LogP contribution in [0.15, 0.2) is 11.1 Å². The second-order valence-corrected chi connectivity index (χ2v) is 5.46. The van der Waals surface area contributed by atoms with Crippen molar-refractivity contribution in [1.82, 2.24) is 10.6 Å². The number of aliphatic imine (C=N–C) groups is 1. The van der Waals surface area contributed by atoms with E-state index in [1.54, 1.807) is 7.11 Å². The number of methoxy groups -OCH3 is 1. The zero-order chi connectivity index (χ0) is 17.6. The van der Waals surface area contributed by atoms with E-state index in [0.29, 0.717) is 13.1 Å². The molecule has 0 amide bonds. The van der Waals surface area contributed by atoms with Gasteiger partial charge in [-0.25, -0.2) is 22.6 Å². The van der Waals surface area contributed by atoms with E-state index < -0.39 is 41.0 Å². The fourth-order valence-electron chi connectivity index (χ4n) is 1.63. The summed E-state index contributed by atoms with van der Waals surface area (Å²) in [5.74, 6) is -5.54. The Bertz CT molecular complexity index is 550. The standard InChI is InChI=1S/C15H21F4N3O/c1-5-20-14(22-8-15(2,3)23-4)21-7-9-12(18)10(16)6-11(17)13(9)19/h6H,5,7-8H2,1-4H3,(H2,20,21,22). The number of ether oxygens (including phenoxy) is 1. The number of guanidine groups is 1. The summed E-state index contributed by atoms with van der Waals surface area (Å²) in [6, 6.07) is 0.169. The zero-order valence-electron chi connectivity index (χ0n) is 13.6. The van der Waals surface area contributed by atoms with Gasteiger partial charge in [-0.1, -0.05) is 0 Å². The normalized spacial score (nSPS) is 12.4. The molecule has 0 fully saturated rings. The summed E-state index contributed by atoms with van der Waals surface area (Å²) in [5, 5.41) is 5.80. The predicted molar refractivity (Wildman–Crippen MR) is 80.2 cm³/mol. The van der Waals surface area contributed by atoms with E-state index in [2.05, 4.69) is 15.6 Å². The Morgan fingerprint density at radius 3 is 2.17 bits per heavy atom. The largest absolute Gasteiger partial charge is 0.377 e. The van der Waals surface area contributed by atoms with Gasteiger partial charge in [0.15, 0.2) is 29.2 Å². The third kappa shape index (κ3) is 5.38. The smallest absolute Gasteiger partial charge is 0.191 e. The van der Waals surface area contributed by atoms with Crippen molar-refractivity contribution in [3.8, 4) is 0 Å². The van der Waals surface area contributed by atoms with Crippen LogP contribution in [-0.4, -0.2) is 31.8 Å². The molecule has 0 spiro atoms. The van der Waals surface area contributed by atoms with Crippen LogP contribution in [0.2, 0.25) is 0 Å². The molecular formula is C15H21F4N3O. The predicted octanol–water partition coefficient (Wildman–Crippen LogP) is 2.72. The molecule has 0 unspecified atom stereocenters. The van der Waals surface area contributed by atoms with Crippen LogP contribution in [0.5, 0.6) is 0 Å². The van der Waals surface area contributed by atoms with Crippen LogP contribution in [0.1, 0.15) is 26.3 Å². The molecule has 0 aliphatic carbocycles. The Morgan fingerprint density at radius 1 is 1.13 bits per heavy atom. The lowest BCUT2D eigenvalue weighted by molar-refractivity contribution is 0.0268. The van der Waals surface area contributed by atoms with Crippen molar-refractivity contribution in [1.29, 1.82) is 0 Å². The molecule has 4 nitrogen and oxygen atoms in total. The molecule has 0 aliphatic rings. The monoisotopic (exact) mass is 335 g/mol. The van der Waals surface area contributed by atoms with Crippen molar-refractivity contribution >= 4 is 5.96 Å². The number of hydrogen-bond donors (Lipinski definition) is 2. The molecule has 1 rings (SSSR count). The van der Waals surface area contributed by atoms with Gasteiger partial charge in [0, 0.05) is 26.3 Å². The van der Waals surface area contributed by atoms with E-state index in [1.807, 2.05) is 20.8 Å². The Kier molecular flexibility index (Phi) is 6.80. The molecule has 23 heavy (non-hydrogen) atoms. The van der Waals surface area contributed by atoms with Crippen molar-refractivity contribution in [2.75, 3.05) is 20.2 Å². The van der Waals surface area contributed by atoms with Crippen molar-refractivity contribution in [3.63, 3.8) is 0 Å². The van der Waals surface area contributed by atoms with Gasteiger partial charge in [0.05, 0.1) is 17.7 Å². The summed E-state index contributed by atoms with van der Waals surface area (Å²) in [7, 11) is 1.55. The average molecular weight is 335 g/mol. The first-order valence-electron chi connectivity index (χ1n) is 7.11. The molecule has 0 atom stereocenters. The summed E-state index contributed by atoms with van der Waals surface area (Å²) >= 11 is 0. The SMILES string of the molecule is CCNC(=NCc1c(F)c(F)cc(F)c1F)NCC(C)(C)OC. The fourth-order valence-corrected chi connectivity index (χ4v) is 1.63. The minimum absolute atomic E-state index is 0.169. The van der Waals surface area contributed by atoms with Crippen LogP contribution in [0, 0.1) is 23.3 Å². The Hall–Kier alpha value is -1.83. The lowest BCUT2D eigenvalue weighted by atomic mass is 10.1. The number of hydrogen-bond acceptors (Lipinski definition) is 2. The van der Waals surface area contributed by atoms with Crippen LogP contribution in [0.3, 0.4) is 0 Å². The number of nitrogens with one attached hydrogen (secondary N) is 2. The minimum Gasteiger partial charge on any atom is -0.377 e. The van der Waals surface area contributed by atoms with E-state index in [0.717, 1.165) is 0 Å². The van der Waals surface area contributed by atoms with E-state index in [-0.39, 0.29) is 12.0 Å². The van der Waals surface area contributed by atoms with E-state index >= 15 is 0 Å². The van der Waals surface area contributed by atoms with Crippen LogP contribution < -0.4 is 10.6 Å². The van der Waals surface area contributed by atoms with Gasteiger partial charge in [-0.05, 0) is 20.8 Å². The maximum Gasteiger partial charge on any atom is 0.191 e. The first-order valence-corrected chi connectivity index (χ1v) is 7.11. The second-order valence-electron chi connectivity index (χ2n) is 5.46. The average Bonchev–Trinajstić information content (AvgIpc) is 2.50. The molecule has 0 saturated heterocycles. The Balaban J connectivity index is 2.94. The van der Waals surface area contributed by atoms with Gasteiger partial charge in [-0.3, -0.25) is 0 Å². The Morgan fingerprint density at radius 2 is 1.70 bits per heavy atom. The highest BCUT2D eigenvalue weighted by molar-refractivity contribution is 5.79. The van der Waals surface area contributed by atoms with Crippen molar-refractivity contribution in [2.24, 2.45) is 4.99 Å². The number of benzene rings is 1. The third-order valence-corrected chi connectivity index (χ3v) is 3.18. The zero-order valence-corrected chi connectivity index (χ0v) is 13.6. The molecule has 1 aromatic rings. The van der Waals surface area contributed by atoms with Crippen LogP contribution >= 0.6 is 0 Å². The fraction of sp³-hybridized carbons (Fsp3) is 0.533. The topological polar surface area (TPSA) is 45.7 Å². The van der Waals surface area contributed by atoms with Crippen LogP contribution in [0.25, 0.3) is 0 Å². The second kappa shape index (κ2) is 8.14. The van der Waals surface area contributed by atoms with Gasteiger partial charge in [0.25, 0.3) is 0 Å². The maximum absolute atomic E-state index is 13.6. The lowest BCUT2D eigenvalue weighted by Gasteiger charge is -2.24. The highest BCUT2D eigenvalue weighted by Gasteiger charge is 2.19. The van der Waals surface area contributed by atoms with Crippen molar-refractivity contribution in [2.45, 2.75) is 32.9 Å². The summed E-state index contributed by atoms with van der Waals surface area (Å²) in [6.45, 7) is 5.81. The van der Waals surface area contributed by atoms with Crippen molar-refractivity contribution in [3.05, 3.63) is 34.9 Å². The molecule has 0 aromatic heterocycles. The van der Waals surface area contributed by atoms with Crippen LogP contribution in [-0.2, 0) is 11.3 Å². The van der Waals surface area contributed by atoms with E-state index in [4.69, 9.17) is 4.74 Å². The van der Waals surface area contributed by atoms with Gasteiger partial charge in [-0.2, -0.15) is 0 Å². The first-order chi connectivity index (χ1) is 10.7. The quantitative estimate of drug-likeness (QED) is 0.364. The number of nitrogens with zero attached hydrogens (tertiary/aromatic N) is 1. The molecule has 0 radical (unpaired) electrons. The van der Waals surface area contributed by atoms with Gasteiger partial charge in [0.2, 0.25) is 0 Å². The lowest BCUT2D eigenvalue weighted by Crippen LogP contribution is -2.45. The highest BCUT2D eigenvalue weighted by atomic mass is 19.2. The number of rotatable bonds is 6. The molecule has 0 heterocycles. The van der Waals surface area contributed by atoms with Gasteiger partial charge >= 0.3 is 0 Å². The molecule has 0 bridgehead atoms. The number of halogens is 4. The van der Waals surface area contributed by atoms with E-state index in [1.165, 1.54) is 0 Å².